The molecule has 106 valence electrons. The second kappa shape index (κ2) is 5.76. The van der Waals surface area contributed by atoms with Crippen molar-refractivity contribution in [2.24, 2.45) is 0 Å². The summed E-state index contributed by atoms with van der Waals surface area (Å²) in [7, 11) is 0. The molecule has 2 aromatic rings. The molecule has 3 rings (SSSR count). The Bertz CT molecular complexity index is 574. The minimum absolute atomic E-state index is 0.0359. The van der Waals surface area contributed by atoms with E-state index < -0.39 is 0 Å². The zero-order valence-electron chi connectivity index (χ0n) is 11.2. The van der Waals surface area contributed by atoms with Crippen LogP contribution in [0.3, 0.4) is 0 Å². The summed E-state index contributed by atoms with van der Waals surface area (Å²) in [6.45, 7) is 3.83. The van der Waals surface area contributed by atoms with Gasteiger partial charge in [-0.15, -0.1) is 0 Å². The van der Waals surface area contributed by atoms with E-state index in [1.165, 1.54) is 4.70 Å². The molecule has 2 heterocycles. The van der Waals surface area contributed by atoms with E-state index in [-0.39, 0.29) is 18.7 Å². The van der Waals surface area contributed by atoms with Crippen molar-refractivity contribution < 1.29 is 14.3 Å². The molecule has 0 saturated carbocycles. The number of carbonyl (C=O) groups excluding carboxylic acids is 1. The fourth-order valence-corrected chi connectivity index (χ4v) is 3.05. The molecule has 0 unspecified atom stereocenters. The molecule has 6 heteroatoms. The molecule has 1 aliphatic rings. The number of benzene rings is 1. The largest absolute Gasteiger partial charge is 0.457 e. The van der Waals surface area contributed by atoms with Crippen LogP contribution in [0, 0.1) is 0 Å². The van der Waals surface area contributed by atoms with Crippen molar-refractivity contribution in [1.29, 1.82) is 0 Å². The highest BCUT2D eigenvalue weighted by molar-refractivity contribution is 7.22. The second-order valence-electron chi connectivity index (χ2n) is 4.62. The zero-order chi connectivity index (χ0) is 13.9. The first-order chi connectivity index (χ1) is 9.76. The lowest BCUT2D eigenvalue weighted by Gasteiger charge is -2.38. The van der Waals surface area contributed by atoms with Crippen LogP contribution in [0.2, 0.25) is 0 Å². The molecule has 0 amide bonds. The van der Waals surface area contributed by atoms with Gasteiger partial charge in [0.15, 0.2) is 5.13 Å². The fourth-order valence-electron chi connectivity index (χ4n) is 2.07. The number of hydrogen-bond donors (Lipinski definition) is 0. The standard InChI is InChI=1S/C14H16N2O3S/c1-2-18-9-13(17)19-10-7-16(8-10)14-15-11-5-3-4-6-12(11)20-14/h3-6,10H,2,7-9H2,1H3. The van der Waals surface area contributed by atoms with Crippen molar-refractivity contribution in [3.8, 4) is 0 Å². The number of ether oxygens (including phenoxy) is 2. The topological polar surface area (TPSA) is 51.7 Å². The maximum atomic E-state index is 11.4. The van der Waals surface area contributed by atoms with Crippen LogP contribution < -0.4 is 4.90 Å². The summed E-state index contributed by atoms with van der Waals surface area (Å²) >= 11 is 1.67. The molecule has 0 bridgehead atoms. The molecular weight excluding hydrogens is 276 g/mol. The second-order valence-corrected chi connectivity index (χ2v) is 5.63. The molecule has 1 saturated heterocycles. The molecule has 1 aromatic heterocycles. The third kappa shape index (κ3) is 2.76. The van der Waals surface area contributed by atoms with Crippen LogP contribution in [0.15, 0.2) is 24.3 Å². The molecule has 20 heavy (non-hydrogen) atoms. The van der Waals surface area contributed by atoms with Crippen LogP contribution >= 0.6 is 11.3 Å². The molecular formula is C14H16N2O3S. The summed E-state index contributed by atoms with van der Waals surface area (Å²) in [5, 5.41) is 0.989. The van der Waals surface area contributed by atoms with E-state index in [0.29, 0.717) is 19.7 Å². The molecule has 0 spiro atoms. The predicted molar refractivity (Wildman–Crippen MR) is 78.2 cm³/mol. The summed E-state index contributed by atoms with van der Waals surface area (Å²) in [4.78, 5) is 18.1. The average Bonchev–Trinajstić information content (AvgIpc) is 2.83. The van der Waals surface area contributed by atoms with Gasteiger partial charge in [-0.05, 0) is 19.1 Å². The Morgan fingerprint density at radius 3 is 3.00 bits per heavy atom. The lowest BCUT2D eigenvalue weighted by Crippen LogP contribution is -2.53. The van der Waals surface area contributed by atoms with Gasteiger partial charge >= 0.3 is 5.97 Å². The summed E-state index contributed by atoms with van der Waals surface area (Å²) in [6.07, 6.45) is -0.0463. The number of thiazole rings is 1. The Labute approximate surface area is 121 Å². The molecule has 1 fully saturated rings. The highest BCUT2D eigenvalue weighted by atomic mass is 32.1. The van der Waals surface area contributed by atoms with Gasteiger partial charge in [0.2, 0.25) is 0 Å². The Morgan fingerprint density at radius 2 is 2.25 bits per heavy atom. The molecule has 0 atom stereocenters. The third-order valence-corrected chi connectivity index (χ3v) is 4.22. The number of rotatable bonds is 5. The van der Waals surface area contributed by atoms with Gasteiger partial charge in [0.05, 0.1) is 23.3 Å². The highest BCUT2D eigenvalue weighted by Crippen LogP contribution is 2.31. The minimum Gasteiger partial charge on any atom is -0.457 e. The van der Waals surface area contributed by atoms with E-state index in [1.807, 2.05) is 25.1 Å². The van der Waals surface area contributed by atoms with Crippen molar-refractivity contribution >= 4 is 32.7 Å². The Kier molecular flexibility index (Phi) is 3.84. The highest BCUT2D eigenvalue weighted by Gasteiger charge is 2.31. The average molecular weight is 292 g/mol. The van der Waals surface area contributed by atoms with Crippen molar-refractivity contribution in [2.45, 2.75) is 13.0 Å². The van der Waals surface area contributed by atoms with E-state index in [1.54, 1.807) is 11.3 Å². The van der Waals surface area contributed by atoms with E-state index in [2.05, 4.69) is 16.0 Å². The monoisotopic (exact) mass is 292 g/mol. The lowest BCUT2D eigenvalue weighted by molar-refractivity contribution is -0.155. The number of hydrogen-bond acceptors (Lipinski definition) is 6. The molecule has 0 N–H and O–H groups in total. The van der Waals surface area contributed by atoms with E-state index >= 15 is 0 Å². The van der Waals surface area contributed by atoms with Gasteiger partial charge in [0, 0.05) is 6.61 Å². The Hall–Kier alpha value is -1.66. The summed E-state index contributed by atoms with van der Waals surface area (Å²) in [6, 6.07) is 8.07. The Morgan fingerprint density at radius 1 is 1.45 bits per heavy atom. The number of nitrogens with zero attached hydrogens (tertiary/aromatic N) is 2. The SMILES string of the molecule is CCOCC(=O)OC1CN(c2nc3ccccc3s2)C1. The van der Waals surface area contributed by atoms with Crippen LogP contribution in [0.5, 0.6) is 0 Å². The van der Waals surface area contributed by atoms with Crippen LogP contribution in [-0.2, 0) is 14.3 Å². The first kappa shape index (κ1) is 13.3. The molecule has 5 nitrogen and oxygen atoms in total. The molecule has 0 aliphatic carbocycles. The van der Waals surface area contributed by atoms with Gasteiger partial charge in [-0.1, -0.05) is 23.5 Å². The van der Waals surface area contributed by atoms with E-state index in [9.17, 15) is 4.79 Å². The van der Waals surface area contributed by atoms with Crippen molar-refractivity contribution in [3.05, 3.63) is 24.3 Å². The lowest BCUT2D eigenvalue weighted by atomic mass is 10.2. The van der Waals surface area contributed by atoms with Gasteiger partial charge in [-0.25, -0.2) is 9.78 Å². The van der Waals surface area contributed by atoms with Crippen LogP contribution in [0.25, 0.3) is 10.2 Å². The van der Waals surface area contributed by atoms with Crippen LogP contribution in [0.4, 0.5) is 5.13 Å². The first-order valence-electron chi connectivity index (χ1n) is 6.64. The summed E-state index contributed by atoms with van der Waals surface area (Å²) in [5.74, 6) is -0.291. The molecule has 1 aliphatic heterocycles. The van der Waals surface area contributed by atoms with Crippen molar-refractivity contribution in [1.82, 2.24) is 4.98 Å². The van der Waals surface area contributed by atoms with Crippen molar-refractivity contribution in [2.75, 3.05) is 31.2 Å². The molecule has 1 aromatic carbocycles. The van der Waals surface area contributed by atoms with Crippen molar-refractivity contribution in [3.63, 3.8) is 0 Å². The van der Waals surface area contributed by atoms with E-state index in [0.717, 1.165) is 10.6 Å². The van der Waals surface area contributed by atoms with Gasteiger partial charge < -0.3 is 14.4 Å². The first-order valence-corrected chi connectivity index (χ1v) is 7.45. The predicted octanol–water partition coefficient (Wildman–Crippen LogP) is 2.06. The van der Waals surface area contributed by atoms with Gasteiger partial charge in [0.1, 0.15) is 12.7 Å². The zero-order valence-corrected chi connectivity index (χ0v) is 12.1. The fraction of sp³-hybridized carbons (Fsp3) is 0.429. The smallest absolute Gasteiger partial charge is 0.332 e. The maximum absolute atomic E-state index is 11.4. The third-order valence-electron chi connectivity index (χ3n) is 3.12. The summed E-state index contributed by atoms with van der Waals surface area (Å²) < 4.78 is 11.5. The minimum atomic E-state index is -0.291. The van der Waals surface area contributed by atoms with Gasteiger partial charge in [0.25, 0.3) is 0 Å². The number of para-hydroxylation sites is 1. The van der Waals surface area contributed by atoms with E-state index in [4.69, 9.17) is 9.47 Å². The van der Waals surface area contributed by atoms with Crippen LogP contribution in [0.1, 0.15) is 6.92 Å². The summed E-state index contributed by atoms with van der Waals surface area (Å²) in [5.41, 5.74) is 1.02. The Balaban J connectivity index is 1.53. The maximum Gasteiger partial charge on any atom is 0.332 e. The normalized spacial score (nSPS) is 15.3. The number of aromatic nitrogens is 1. The number of fused-ring (bicyclic) bond motifs is 1. The van der Waals surface area contributed by atoms with Gasteiger partial charge in [-0.3, -0.25) is 0 Å². The number of carbonyl (C=O) groups is 1. The van der Waals surface area contributed by atoms with Gasteiger partial charge in [-0.2, -0.15) is 0 Å². The molecule has 0 radical (unpaired) electrons. The number of anilines is 1. The number of esters is 1. The van der Waals surface area contributed by atoms with Crippen LogP contribution in [-0.4, -0.2) is 43.4 Å². The quantitative estimate of drug-likeness (QED) is 0.790.